The van der Waals surface area contributed by atoms with E-state index in [0.29, 0.717) is 24.9 Å². The van der Waals surface area contributed by atoms with Crippen molar-refractivity contribution < 1.29 is 4.79 Å². The zero-order valence-electron chi connectivity index (χ0n) is 11.9. The van der Waals surface area contributed by atoms with Gasteiger partial charge in [-0.3, -0.25) is 4.79 Å². The first-order chi connectivity index (χ1) is 9.15. The zero-order chi connectivity index (χ0) is 13.8. The minimum absolute atomic E-state index is 0.261. The van der Waals surface area contributed by atoms with Gasteiger partial charge in [-0.1, -0.05) is 32.4 Å². The molecule has 1 aliphatic rings. The molecule has 2 rings (SSSR count). The number of hydrogen-bond donors (Lipinski definition) is 1. The molecule has 1 fully saturated rings. The van der Waals surface area contributed by atoms with Crippen molar-refractivity contribution in [2.75, 3.05) is 4.90 Å². The molecule has 0 spiro atoms. The molecule has 1 atom stereocenters. The third-order valence-electron chi connectivity index (χ3n) is 3.85. The van der Waals surface area contributed by atoms with Crippen molar-refractivity contribution in [3.63, 3.8) is 0 Å². The fraction of sp³-hybridized carbons (Fsp3) is 0.562. The molecule has 104 valence electrons. The Hall–Kier alpha value is -1.35. The Labute approximate surface area is 115 Å². The van der Waals surface area contributed by atoms with Crippen molar-refractivity contribution in [1.29, 1.82) is 0 Å². The van der Waals surface area contributed by atoms with Crippen LogP contribution >= 0.6 is 0 Å². The second-order valence-electron chi connectivity index (χ2n) is 5.58. The number of benzene rings is 1. The highest BCUT2D eigenvalue weighted by Crippen LogP contribution is 2.33. The van der Waals surface area contributed by atoms with Crippen molar-refractivity contribution in [2.45, 2.75) is 52.1 Å². The topological polar surface area (TPSA) is 46.3 Å². The van der Waals surface area contributed by atoms with Crippen LogP contribution < -0.4 is 10.6 Å². The Morgan fingerprint density at radius 3 is 2.47 bits per heavy atom. The van der Waals surface area contributed by atoms with E-state index in [1.165, 1.54) is 0 Å². The Kier molecular flexibility index (Phi) is 4.59. The van der Waals surface area contributed by atoms with Crippen molar-refractivity contribution in [3.8, 4) is 0 Å². The molecule has 19 heavy (non-hydrogen) atoms. The first-order valence-corrected chi connectivity index (χ1v) is 7.26. The first-order valence-electron chi connectivity index (χ1n) is 7.26. The fourth-order valence-corrected chi connectivity index (χ4v) is 2.22. The predicted octanol–water partition coefficient (Wildman–Crippen LogP) is 3.08. The monoisotopic (exact) mass is 260 g/mol. The van der Waals surface area contributed by atoms with E-state index in [-0.39, 0.29) is 5.91 Å². The molecule has 1 aromatic rings. The van der Waals surface area contributed by atoms with E-state index in [1.54, 1.807) is 0 Å². The molecule has 0 heterocycles. The van der Waals surface area contributed by atoms with Gasteiger partial charge >= 0.3 is 0 Å². The van der Waals surface area contributed by atoms with Gasteiger partial charge < -0.3 is 10.6 Å². The summed E-state index contributed by atoms with van der Waals surface area (Å²) in [5, 5.41) is 0. The molecule has 1 aliphatic carbocycles. The minimum atomic E-state index is 0.261. The van der Waals surface area contributed by atoms with Crippen LogP contribution in [0.1, 0.15) is 45.1 Å². The normalized spacial score (nSPS) is 16.2. The average molecular weight is 260 g/mol. The van der Waals surface area contributed by atoms with Gasteiger partial charge in [0, 0.05) is 24.7 Å². The van der Waals surface area contributed by atoms with Crippen LogP contribution in [-0.2, 0) is 11.3 Å². The van der Waals surface area contributed by atoms with Gasteiger partial charge in [-0.15, -0.1) is 0 Å². The van der Waals surface area contributed by atoms with E-state index in [4.69, 9.17) is 5.73 Å². The molecular formula is C16H24N2O. The number of nitrogens with zero attached hydrogens (tertiary/aromatic N) is 1. The summed E-state index contributed by atoms with van der Waals surface area (Å²) in [4.78, 5) is 14.4. The molecule has 1 unspecified atom stereocenters. The quantitative estimate of drug-likeness (QED) is 0.854. The van der Waals surface area contributed by atoms with Gasteiger partial charge in [-0.05, 0) is 36.5 Å². The van der Waals surface area contributed by atoms with Gasteiger partial charge in [0.15, 0.2) is 0 Å². The molecule has 3 nitrogen and oxygen atoms in total. The lowest BCUT2D eigenvalue weighted by Gasteiger charge is -2.24. The van der Waals surface area contributed by atoms with Crippen LogP contribution in [0.2, 0.25) is 0 Å². The zero-order valence-corrected chi connectivity index (χ0v) is 11.9. The molecule has 1 amide bonds. The Morgan fingerprint density at radius 1 is 1.37 bits per heavy atom. The van der Waals surface area contributed by atoms with Crippen molar-refractivity contribution in [2.24, 2.45) is 11.7 Å². The van der Waals surface area contributed by atoms with Gasteiger partial charge in [0.1, 0.15) is 0 Å². The van der Waals surface area contributed by atoms with Crippen LogP contribution in [-0.4, -0.2) is 11.9 Å². The lowest BCUT2D eigenvalue weighted by molar-refractivity contribution is -0.119. The fourth-order valence-electron chi connectivity index (χ4n) is 2.22. The molecule has 1 aromatic carbocycles. The van der Waals surface area contributed by atoms with E-state index >= 15 is 0 Å². The van der Waals surface area contributed by atoms with Crippen molar-refractivity contribution >= 4 is 11.6 Å². The summed E-state index contributed by atoms with van der Waals surface area (Å²) in [6.07, 6.45) is 3.96. The highest BCUT2D eigenvalue weighted by Gasteiger charge is 2.33. The summed E-state index contributed by atoms with van der Waals surface area (Å²) in [5.41, 5.74) is 7.74. The highest BCUT2D eigenvalue weighted by molar-refractivity contribution is 5.94. The van der Waals surface area contributed by atoms with E-state index in [2.05, 4.69) is 13.8 Å². The molecule has 0 aromatic heterocycles. The van der Waals surface area contributed by atoms with Crippen LogP contribution in [0.15, 0.2) is 24.3 Å². The van der Waals surface area contributed by atoms with Gasteiger partial charge in [0.25, 0.3) is 0 Å². The summed E-state index contributed by atoms with van der Waals surface area (Å²) in [6, 6.07) is 8.49. The number of carbonyl (C=O) groups is 1. The number of anilines is 1. The molecule has 2 N–H and O–H groups in total. The smallest absolute Gasteiger partial charge is 0.227 e. The molecule has 0 bridgehead atoms. The number of carbonyl (C=O) groups excluding carboxylic acids is 1. The van der Waals surface area contributed by atoms with E-state index < -0.39 is 0 Å². The van der Waals surface area contributed by atoms with Crippen LogP contribution in [0, 0.1) is 5.92 Å². The lowest BCUT2D eigenvalue weighted by atomic mass is 10.0. The van der Waals surface area contributed by atoms with Crippen LogP contribution in [0.4, 0.5) is 5.69 Å². The first kappa shape index (κ1) is 14.1. The summed E-state index contributed by atoms with van der Waals surface area (Å²) < 4.78 is 0. The van der Waals surface area contributed by atoms with Gasteiger partial charge in [-0.25, -0.2) is 0 Å². The summed E-state index contributed by atoms with van der Waals surface area (Å²) in [6.45, 7) is 4.82. The summed E-state index contributed by atoms with van der Waals surface area (Å²) >= 11 is 0. The third-order valence-corrected chi connectivity index (χ3v) is 3.85. The minimum Gasteiger partial charge on any atom is -0.326 e. The van der Waals surface area contributed by atoms with Gasteiger partial charge in [0.05, 0.1) is 0 Å². The summed E-state index contributed by atoms with van der Waals surface area (Å²) in [7, 11) is 0. The second-order valence-corrected chi connectivity index (χ2v) is 5.58. The molecule has 3 heteroatoms. The van der Waals surface area contributed by atoms with E-state index in [9.17, 15) is 4.79 Å². The molecule has 0 radical (unpaired) electrons. The second kappa shape index (κ2) is 6.20. The maximum absolute atomic E-state index is 12.5. The number of hydrogen-bond acceptors (Lipinski definition) is 2. The third kappa shape index (κ3) is 3.57. The molecule has 0 aliphatic heterocycles. The van der Waals surface area contributed by atoms with E-state index in [0.717, 1.165) is 30.5 Å². The van der Waals surface area contributed by atoms with Crippen LogP contribution in [0.25, 0.3) is 0 Å². The molecule has 0 saturated heterocycles. The van der Waals surface area contributed by atoms with E-state index in [1.807, 2.05) is 29.2 Å². The predicted molar refractivity (Wildman–Crippen MR) is 78.9 cm³/mol. The van der Waals surface area contributed by atoms with Crippen LogP contribution in [0.5, 0.6) is 0 Å². The number of amides is 1. The SMILES string of the molecule is CCC(C)CC(=O)N(c1ccc(CN)cc1)C1CC1. The molecule has 1 saturated carbocycles. The summed E-state index contributed by atoms with van der Waals surface area (Å²) in [5.74, 6) is 0.717. The Morgan fingerprint density at radius 2 is 2.00 bits per heavy atom. The lowest BCUT2D eigenvalue weighted by Crippen LogP contribution is -2.34. The maximum atomic E-state index is 12.5. The largest absolute Gasteiger partial charge is 0.326 e. The highest BCUT2D eigenvalue weighted by atomic mass is 16.2. The van der Waals surface area contributed by atoms with Gasteiger partial charge in [0.2, 0.25) is 5.91 Å². The Balaban J connectivity index is 2.12. The average Bonchev–Trinajstić information content (AvgIpc) is 3.24. The van der Waals surface area contributed by atoms with Crippen molar-refractivity contribution in [1.82, 2.24) is 0 Å². The standard InChI is InChI=1S/C16H24N2O/c1-3-12(2)10-16(19)18(15-8-9-15)14-6-4-13(11-17)5-7-14/h4-7,12,15H,3,8-11,17H2,1-2H3. The maximum Gasteiger partial charge on any atom is 0.227 e. The number of rotatable bonds is 6. The van der Waals surface area contributed by atoms with Crippen molar-refractivity contribution in [3.05, 3.63) is 29.8 Å². The Bertz CT molecular complexity index is 423. The van der Waals surface area contributed by atoms with Crippen LogP contribution in [0.3, 0.4) is 0 Å². The van der Waals surface area contributed by atoms with Gasteiger partial charge in [-0.2, -0.15) is 0 Å². The number of nitrogens with two attached hydrogens (primary N) is 1. The molecular weight excluding hydrogens is 236 g/mol.